The van der Waals surface area contributed by atoms with Crippen LogP contribution >= 0.6 is 0 Å². The predicted molar refractivity (Wildman–Crippen MR) is 200 cm³/mol. The van der Waals surface area contributed by atoms with Crippen molar-refractivity contribution in [3.63, 3.8) is 0 Å². The quantitative estimate of drug-likeness (QED) is 0.187. The van der Waals surface area contributed by atoms with Gasteiger partial charge in [0, 0.05) is 50.1 Å². The van der Waals surface area contributed by atoms with Crippen molar-refractivity contribution >= 4 is 43.6 Å². The van der Waals surface area contributed by atoms with Crippen LogP contribution in [0.4, 0.5) is 0 Å². The molecule has 0 aliphatic rings. The fraction of sp³-hybridized carbons (Fsp3) is 0. The van der Waals surface area contributed by atoms with E-state index in [1.807, 2.05) is 66.7 Å². The summed E-state index contributed by atoms with van der Waals surface area (Å²) in [5, 5.41) is 4.63. The fourth-order valence-corrected chi connectivity index (χ4v) is 7.09. The predicted octanol–water partition coefficient (Wildman–Crippen LogP) is 9.86. The number of nitrogens with zero attached hydrogens (tertiary/aromatic N) is 7. The molecular formula is C43H27N7. The van der Waals surface area contributed by atoms with Crippen LogP contribution in [0.2, 0.25) is 0 Å². The number of rotatable bonds is 5. The van der Waals surface area contributed by atoms with Gasteiger partial charge in [0.05, 0.1) is 22.1 Å². The van der Waals surface area contributed by atoms with Crippen molar-refractivity contribution < 1.29 is 0 Å². The third kappa shape index (κ3) is 4.48. The Morgan fingerprint density at radius 3 is 1.50 bits per heavy atom. The van der Waals surface area contributed by atoms with Gasteiger partial charge >= 0.3 is 0 Å². The van der Waals surface area contributed by atoms with Gasteiger partial charge in [-0.1, -0.05) is 97.1 Å². The molecule has 4 heterocycles. The lowest BCUT2D eigenvalue weighted by atomic mass is 10.1. The first-order valence-corrected chi connectivity index (χ1v) is 16.5. The molecule has 7 nitrogen and oxygen atoms in total. The van der Waals surface area contributed by atoms with E-state index < -0.39 is 0 Å². The van der Waals surface area contributed by atoms with Crippen molar-refractivity contribution in [3.05, 3.63) is 164 Å². The summed E-state index contributed by atoms with van der Waals surface area (Å²) in [6.45, 7) is 0. The molecule has 4 aromatic heterocycles. The minimum absolute atomic E-state index is 0.612. The first-order chi connectivity index (χ1) is 24.8. The van der Waals surface area contributed by atoms with E-state index in [0.29, 0.717) is 17.5 Å². The number of benzene rings is 6. The van der Waals surface area contributed by atoms with Crippen molar-refractivity contribution in [1.82, 2.24) is 34.1 Å². The second kappa shape index (κ2) is 11.3. The second-order valence-corrected chi connectivity index (χ2v) is 12.2. The van der Waals surface area contributed by atoms with Crippen LogP contribution in [0.3, 0.4) is 0 Å². The molecule has 0 atom stereocenters. The van der Waals surface area contributed by atoms with Crippen LogP contribution in [0.25, 0.3) is 89.3 Å². The van der Waals surface area contributed by atoms with Crippen molar-refractivity contribution in [2.45, 2.75) is 0 Å². The highest BCUT2D eigenvalue weighted by atomic mass is 15.1. The van der Waals surface area contributed by atoms with Gasteiger partial charge in [-0.05, 0) is 54.6 Å². The van der Waals surface area contributed by atoms with Gasteiger partial charge < -0.3 is 4.57 Å². The van der Waals surface area contributed by atoms with Gasteiger partial charge in [-0.25, -0.2) is 24.9 Å². The van der Waals surface area contributed by atoms with Gasteiger partial charge in [0.2, 0.25) is 0 Å². The Morgan fingerprint density at radius 1 is 0.380 bits per heavy atom. The van der Waals surface area contributed by atoms with Crippen molar-refractivity contribution in [1.29, 1.82) is 0 Å². The lowest BCUT2D eigenvalue weighted by Crippen LogP contribution is -2.00. The molecule has 0 unspecified atom stereocenters. The van der Waals surface area contributed by atoms with Gasteiger partial charge in [-0.2, -0.15) is 0 Å². The molecular weight excluding hydrogens is 615 g/mol. The molecule has 7 heteroatoms. The number of hydrogen-bond donors (Lipinski definition) is 0. The number of aromatic nitrogens is 7. The molecule has 0 saturated heterocycles. The fourth-order valence-electron chi connectivity index (χ4n) is 7.09. The molecule has 6 aromatic carbocycles. The standard InChI is InChI=1S/C43H27N7/c1-3-11-28(12-4-1)41-46-42(29-13-5-2-6-14-29)48-43(47-41)30-19-21-38-34(25-30)35-26-31(20-22-39(35)50(38)40-23-24-44-27-45-40)49-36-17-9-7-15-32(36)33-16-8-10-18-37(33)49/h1-27H. The molecule has 234 valence electrons. The normalized spacial score (nSPS) is 11.6. The third-order valence-corrected chi connectivity index (χ3v) is 9.34. The lowest BCUT2D eigenvalue weighted by Gasteiger charge is -2.09. The topological polar surface area (TPSA) is 74.3 Å². The van der Waals surface area contributed by atoms with E-state index in [1.54, 1.807) is 12.5 Å². The van der Waals surface area contributed by atoms with Crippen LogP contribution < -0.4 is 0 Å². The maximum Gasteiger partial charge on any atom is 0.164 e. The Bertz CT molecular complexity index is 2750. The minimum atomic E-state index is 0.612. The van der Waals surface area contributed by atoms with Gasteiger partial charge in [-0.15, -0.1) is 0 Å². The van der Waals surface area contributed by atoms with Gasteiger partial charge in [0.15, 0.2) is 17.5 Å². The summed E-state index contributed by atoms with van der Waals surface area (Å²) in [6, 6.07) is 52.4. The van der Waals surface area contributed by atoms with Crippen LogP contribution in [0.5, 0.6) is 0 Å². The zero-order chi connectivity index (χ0) is 33.0. The summed E-state index contributed by atoms with van der Waals surface area (Å²) < 4.78 is 4.55. The molecule has 0 spiro atoms. The molecule has 10 rings (SSSR count). The lowest BCUT2D eigenvalue weighted by molar-refractivity contribution is 1.04. The Kier molecular flexibility index (Phi) is 6.35. The molecule has 0 aliphatic heterocycles. The third-order valence-electron chi connectivity index (χ3n) is 9.34. The van der Waals surface area contributed by atoms with Crippen LogP contribution in [0.1, 0.15) is 0 Å². The Labute approximate surface area is 286 Å². The Balaban J connectivity index is 1.24. The summed E-state index contributed by atoms with van der Waals surface area (Å²) in [4.78, 5) is 23.8. The minimum Gasteiger partial charge on any atom is -0.309 e. The van der Waals surface area contributed by atoms with Gasteiger partial charge in [0.25, 0.3) is 0 Å². The van der Waals surface area contributed by atoms with Crippen LogP contribution in [-0.2, 0) is 0 Å². The van der Waals surface area contributed by atoms with E-state index in [0.717, 1.165) is 50.0 Å². The monoisotopic (exact) mass is 641 g/mol. The molecule has 0 bridgehead atoms. The van der Waals surface area contributed by atoms with Crippen LogP contribution in [0.15, 0.2) is 164 Å². The van der Waals surface area contributed by atoms with Crippen molar-refractivity contribution in [2.24, 2.45) is 0 Å². The summed E-state index contributed by atoms with van der Waals surface area (Å²) in [6.07, 6.45) is 3.37. The molecule has 0 saturated carbocycles. The van der Waals surface area contributed by atoms with E-state index in [1.165, 1.54) is 21.8 Å². The summed E-state index contributed by atoms with van der Waals surface area (Å²) in [5.41, 5.74) is 8.27. The molecule has 0 fully saturated rings. The number of para-hydroxylation sites is 2. The summed E-state index contributed by atoms with van der Waals surface area (Å²) in [5.74, 6) is 2.68. The molecule has 50 heavy (non-hydrogen) atoms. The van der Waals surface area contributed by atoms with E-state index in [2.05, 4.69) is 104 Å². The van der Waals surface area contributed by atoms with E-state index in [-0.39, 0.29) is 0 Å². The average molecular weight is 642 g/mol. The smallest absolute Gasteiger partial charge is 0.164 e. The Morgan fingerprint density at radius 2 is 0.900 bits per heavy atom. The first-order valence-electron chi connectivity index (χ1n) is 16.5. The zero-order valence-corrected chi connectivity index (χ0v) is 26.7. The van der Waals surface area contributed by atoms with Crippen molar-refractivity contribution in [2.75, 3.05) is 0 Å². The summed E-state index contributed by atoms with van der Waals surface area (Å²) >= 11 is 0. The molecule has 0 aliphatic carbocycles. The molecule has 0 radical (unpaired) electrons. The summed E-state index contributed by atoms with van der Waals surface area (Å²) in [7, 11) is 0. The second-order valence-electron chi connectivity index (χ2n) is 12.2. The average Bonchev–Trinajstić information content (AvgIpc) is 3.71. The highest BCUT2D eigenvalue weighted by Gasteiger charge is 2.19. The highest BCUT2D eigenvalue weighted by Crippen LogP contribution is 2.38. The number of hydrogen-bond acceptors (Lipinski definition) is 5. The van der Waals surface area contributed by atoms with E-state index in [4.69, 9.17) is 15.0 Å². The first kappa shape index (κ1) is 28.1. The molecule has 0 N–H and O–H groups in total. The van der Waals surface area contributed by atoms with Crippen molar-refractivity contribution in [3.8, 4) is 45.7 Å². The maximum absolute atomic E-state index is 5.02. The zero-order valence-electron chi connectivity index (χ0n) is 26.7. The molecule has 0 amide bonds. The largest absolute Gasteiger partial charge is 0.309 e. The van der Waals surface area contributed by atoms with E-state index >= 15 is 0 Å². The van der Waals surface area contributed by atoms with Crippen LogP contribution in [0, 0.1) is 0 Å². The SMILES string of the molecule is c1ccc(-c2nc(-c3ccccc3)nc(-c3ccc4c(c3)c3cc(-n5c6ccccc6c6ccccc65)ccc3n4-c3ccncn3)n2)cc1. The Hall–Kier alpha value is -6.99. The van der Waals surface area contributed by atoms with Crippen LogP contribution in [-0.4, -0.2) is 34.1 Å². The molecule has 10 aromatic rings. The maximum atomic E-state index is 5.02. The highest BCUT2D eigenvalue weighted by molar-refractivity contribution is 6.12. The van der Waals surface area contributed by atoms with Gasteiger partial charge in [0.1, 0.15) is 12.1 Å². The number of fused-ring (bicyclic) bond motifs is 6. The van der Waals surface area contributed by atoms with Gasteiger partial charge in [-0.3, -0.25) is 4.57 Å². The van der Waals surface area contributed by atoms with E-state index in [9.17, 15) is 0 Å².